The zero-order chi connectivity index (χ0) is 8.32. The largest absolute Gasteiger partial charge is 0.302 e. The third-order valence-electron chi connectivity index (χ3n) is 0.999. The molecule has 0 amide bonds. The van der Waals surface area contributed by atoms with Crippen LogP contribution in [0.15, 0.2) is 29.7 Å². The van der Waals surface area contributed by atoms with Crippen LogP contribution in [0.4, 0.5) is 0 Å². The third-order valence-corrected chi connectivity index (χ3v) is 1.83. The molecule has 1 rings (SSSR count). The number of nitrogens with zero attached hydrogens (tertiary/aromatic N) is 2. The standard InChI is InChI=1S/C5H7N3O2S/c6-11(9,10)8-4-1-2-7-3-5-8/h1-5H,(H2,6,9,10). The summed E-state index contributed by atoms with van der Waals surface area (Å²) in [4.78, 5) is 3.68. The van der Waals surface area contributed by atoms with E-state index in [1.165, 1.54) is 30.9 Å². The predicted octanol–water partition coefficient (Wildman–Crippen LogP) is -0.439. The average molecular weight is 173 g/mol. The maximum absolute atomic E-state index is 10.7. The van der Waals surface area contributed by atoms with Crippen molar-refractivity contribution in [3.8, 4) is 0 Å². The highest BCUT2D eigenvalue weighted by Gasteiger charge is 2.08. The monoisotopic (exact) mass is 173 g/mol. The van der Waals surface area contributed by atoms with Crippen LogP contribution in [0.5, 0.6) is 0 Å². The van der Waals surface area contributed by atoms with Crippen LogP contribution in [0.2, 0.25) is 0 Å². The number of rotatable bonds is 1. The van der Waals surface area contributed by atoms with E-state index in [-0.39, 0.29) is 0 Å². The summed E-state index contributed by atoms with van der Waals surface area (Å²) in [6.45, 7) is 0. The van der Waals surface area contributed by atoms with Gasteiger partial charge in [0.05, 0.1) is 0 Å². The van der Waals surface area contributed by atoms with Crippen molar-refractivity contribution in [1.82, 2.24) is 4.31 Å². The van der Waals surface area contributed by atoms with Crippen molar-refractivity contribution in [2.24, 2.45) is 10.1 Å². The smallest absolute Gasteiger partial charge is 0.263 e. The van der Waals surface area contributed by atoms with Gasteiger partial charge in [-0.3, -0.25) is 4.99 Å². The molecule has 1 aliphatic heterocycles. The molecule has 0 saturated carbocycles. The van der Waals surface area contributed by atoms with E-state index in [9.17, 15) is 8.42 Å². The molecule has 5 nitrogen and oxygen atoms in total. The minimum atomic E-state index is -3.67. The van der Waals surface area contributed by atoms with E-state index in [1.54, 1.807) is 0 Å². The zero-order valence-electron chi connectivity index (χ0n) is 5.58. The van der Waals surface area contributed by atoms with Gasteiger partial charge < -0.3 is 0 Å². The van der Waals surface area contributed by atoms with Crippen molar-refractivity contribution in [3.63, 3.8) is 0 Å². The Morgan fingerprint density at radius 3 is 2.73 bits per heavy atom. The van der Waals surface area contributed by atoms with Gasteiger partial charge in [-0.25, -0.2) is 9.44 Å². The van der Waals surface area contributed by atoms with E-state index >= 15 is 0 Å². The van der Waals surface area contributed by atoms with Crippen molar-refractivity contribution in [3.05, 3.63) is 24.7 Å². The molecule has 2 N–H and O–H groups in total. The first kappa shape index (κ1) is 7.96. The van der Waals surface area contributed by atoms with Crippen LogP contribution in [0.1, 0.15) is 0 Å². The molecule has 0 aromatic carbocycles. The average Bonchev–Trinajstić information content (AvgIpc) is 2.10. The molecule has 0 aliphatic carbocycles. The van der Waals surface area contributed by atoms with Gasteiger partial charge in [0.2, 0.25) is 0 Å². The Balaban J connectivity index is 2.93. The van der Waals surface area contributed by atoms with Crippen molar-refractivity contribution >= 4 is 16.4 Å². The van der Waals surface area contributed by atoms with Gasteiger partial charge in [0, 0.05) is 24.8 Å². The number of hydrogen-bond donors (Lipinski definition) is 1. The number of aliphatic imine (C=N–C) groups is 1. The molecule has 0 atom stereocenters. The molecule has 0 unspecified atom stereocenters. The Morgan fingerprint density at radius 1 is 1.36 bits per heavy atom. The molecule has 0 radical (unpaired) electrons. The molecule has 0 bridgehead atoms. The van der Waals surface area contributed by atoms with E-state index < -0.39 is 10.2 Å². The van der Waals surface area contributed by atoms with E-state index in [0.717, 1.165) is 4.31 Å². The lowest BCUT2D eigenvalue weighted by Crippen LogP contribution is -2.27. The fourth-order valence-corrected chi connectivity index (χ4v) is 1.01. The first-order chi connectivity index (χ1) is 5.11. The summed E-state index contributed by atoms with van der Waals surface area (Å²) in [7, 11) is -3.67. The second kappa shape index (κ2) is 2.85. The highest BCUT2D eigenvalue weighted by atomic mass is 32.2. The Morgan fingerprint density at radius 2 is 2.09 bits per heavy atom. The second-order valence-corrected chi connectivity index (χ2v) is 3.26. The molecule has 6 heteroatoms. The van der Waals surface area contributed by atoms with Crippen molar-refractivity contribution < 1.29 is 8.42 Å². The third kappa shape index (κ3) is 2.17. The lowest BCUT2D eigenvalue weighted by Gasteiger charge is -2.09. The molecular weight excluding hydrogens is 166 g/mol. The highest BCUT2D eigenvalue weighted by molar-refractivity contribution is 7.87. The Labute approximate surface area is 64.7 Å². The maximum Gasteiger partial charge on any atom is 0.302 e. The van der Waals surface area contributed by atoms with Gasteiger partial charge in [-0.1, -0.05) is 0 Å². The number of allylic oxidation sites excluding steroid dienone is 1. The predicted molar refractivity (Wildman–Crippen MR) is 41.7 cm³/mol. The van der Waals surface area contributed by atoms with Crippen LogP contribution < -0.4 is 5.14 Å². The van der Waals surface area contributed by atoms with E-state index in [2.05, 4.69) is 4.99 Å². The molecule has 0 saturated heterocycles. The summed E-state index contributed by atoms with van der Waals surface area (Å²) in [5.41, 5.74) is 0. The SMILES string of the molecule is NS(=O)(=O)N1C=CC=NC=C1. The van der Waals surface area contributed by atoms with E-state index in [0.29, 0.717) is 0 Å². The molecule has 1 heterocycles. The summed E-state index contributed by atoms with van der Waals surface area (Å²) in [5, 5.41) is 4.82. The van der Waals surface area contributed by atoms with Crippen LogP contribution in [0, 0.1) is 0 Å². The second-order valence-electron chi connectivity index (χ2n) is 1.81. The zero-order valence-corrected chi connectivity index (χ0v) is 6.40. The minimum absolute atomic E-state index is 0.875. The normalized spacial score (nSPS) is 17.0. The van der Waals surface area contributed by atoms with Gasteiger partial charge in [0.1, 0.15) is 0 Å². The molecule has 0 spiro atoms. The minimum Gasteiger partial charge on any atom is -0.263 e. The molecule has 1 aliphatic rings. The highest BCUT2D eigenvalue weighted by Crippen LogP contribution is 1.99. The molecule has 11 heavy (non-hydrogen) atoms. The molecule has 0 aromatic heterocycles. The fourth-order valence-electron chi connectivity index (χ4n) is 0.546. The maximum atomic E-state index is 10.7. The van der Waals surface area contributed by atoms with Crippen LogP contribution in [0.3, 0.4) is 0 Å². The molecule has 60 valence electrons. The van der Waals surface area contributed by atoms with Crippen LogP contribution in [-0.2, 0) is 10.2 Å². The summed E-state index contributed by atoms with van der Waals surface area (Å²) in [6.07, 6.45) is 6.84. The van der Waals surface area contributed by atoms with Gasteiger partial charge in [-0.15, -0.1) is 0 Å². The fraction of sp³-hybridized carbons (Fsp3) is 0. The quantitative estimate of drug-likeness (QED) is 0.583. The van der Waals surface area contributed by atoms with Crippen LogP contribution >= 0.6 is 0 Å². The van der Waals surface area contributed by atoms with Crippen molar-refractivity contribution in [1.29, 1.82) is 0 Å². The first-order valence-electron chi connectivity index (χ1n) is 2.78. The Bertz CT molecular complexity index is 299. The van der Waals surface area contributed by atoms with E-state index in [4.69, 9.17) is 5.14 Å². The molecule has 0 aromatic rings. The Hall–Kier alpha value is -1.14. The number of nitrogens with two attached hydrogens (primary N) is 1. The lowest BCUT2D eigenvalue weighted by molar-refractivity contribution is 0.555. The molecular formula is C5H7N3O2S. The Kier molecular flexibility index (Phi) is 2.06. The van der Waals surface area contributed by atoms with Gasteiger partial charge >= 0.3 is 10.2 Å². The number of hydrogen-bond acceptors (Lipinski definition) is 3. The summed E-state index contributed by atoms with van der Waals surface area (Å²) >= 11 is 0. The van der Waals surface area contributed by atoms with Crippen molar-refractivity contribution in [2.75, 3.05) is 0 Å². The summed E-state index contributed by atoms with van der Waals surface area (Å²) in [5.74, 6) is 0. The van der Waals surface area contributed by atoms with Gasteiger partial charge in [0.25, 0.3) is 0 Å². The van der Waals surface area contributed by atoms with Gasteiger partial charge in [-0.05, 0) is 6.08 Å². The lowest BCUT2D eigenvalue weighted by atomic mass is 10.7. The molecule has 0 fully saturated rings. The van der Waals surface area contributed by atoms with Gasteiger partial charge in [0.15, 0.2) is 0 Å². The van der Waals surface area contributed by atoms with Crippen LogP contribution in [0.25, 0.3) is 0 Å². The van der Waals surface area contributed by atoms with Crippen LogP contribution in [-0.4, -0.2) is 18.9 Å². The topological polar surface area (TPSA) is 75.8 Å². The van der Waals surface area contributed by atoms with Gasteiger partial charge in [-0.2, -0.15) is 8.42 Å². The summed E-state index contributed by atoms with van der Waals surface area (Å²) < 4.78 is 22.2. The first-order valence-corrected chi connectivity index (χ1v) is 4.29. The van der Waals surface area contributed by atoms with Crippen molar-refractivity contribution in [2.45, 2.75) is 0 Å². The summed E-state index contributed by atoms with van der Waals surface area (Å²) in [6, 6.07) is 0. The van der Waals surface area contributed by atoms with E-state index in [1.807, 2.05) is 0 Å².